The largest absolute Gasteiger partial charge is 0.467 e. The standard InChI is InChI=1S/C15H15F2NO3/c1-3-4-5-9-12(15(20)21-2)18-14(19)10-7-6-8-11(16)13(10)17/h1,6-8,12H,4-5,9H2,2H3,(H,18,19)/t12-/m1/s1. The van der Waals surface area contributed by atoms with E-state index in [4.69, 9.17) is 6.42 Å². The van der Waals surface area contributed by atoms with E-state index < -0.39 is 35.1 Å². The minimum atomic E-state index is -1.26. The molecule has 0 heterocycles. The molecule has 6 heteroatoms. The summed E-state index contributed by atoms with van der Waals surface area (Å²) in [5.41, 5.74) is -0.471. The number of amides is 1. The molecule has 21 heavy (non-hydrogen) atoms. The van der Waals surface area contributed by atoms with Crippen LogP contribution in [-0.2, 0) is 9.53 Å². The van der Waals surface area contributed by atoms with Gasteiger partial charge in [-0.3, -0.25) is 4.79 Å². The van der Waals surface area contributed by atoms with E-state index in [1.54, 1.807) is 0 Å². The summed E-state index contributed by atoms with van der Waals surface area (Å²) in [5, 5.41) is 2.32. The number of nitrogens with one attached hydrogen (secondary N) is 1. The molecule has 1 aromatic carbocycles. The van der Waals surface area contributed by atoms with Crippen LogP contribution in [-0.4, -0.2) is 25.0 Å². The molecule has 1 N–H and O–H groups in total. The molecule has 0 fully saturated rings. The van der Waals surface area contributed by atoms with Gasteiger partial charge in [0.1, 0.15) is 6.04 Å². The topological polar surface area (TPSA) is 55.4 Å². The van der Waals surface area contributed by atoms with Gasteiger partial charge in [-0.05, 0) is 25.0 Å². The van der Waals surface area contributed by atoms with Gasteiger partial charge in [0.25, 0.3) is 5.91 Å². The van der Waals surface area contributed by atoms with Crippen molar-refractivity contribution in [3.8, 4) is 12.3 Å². The van der Waals surface area contributed by atoms with E-state index in [2.05, 4.69) is 16.0 Å². The molecule has 0 saturated carbocycles. The number of unbranched alkanes of at least 4 members (excludes halogenated alkanes) is 1. The quantitative estimate of drug-likeness (QED) is 0.496. The summed E-state index contributed by atoms with van der Waals surface area (Å²) in [6.07, 6.45) is 6.27. The number of esters is 1. The second-order valence-corrected chi connectivity index (χ2v) is 4.25. The number of terminal acetylenes is 1. The predicted molar refractivity (Wildman–Crippen MR) is 72.3 cm³/mol. The molecule has 112 valence electrons. The second-order valence-electron chi connectivity index (χ2n) is 4.25. The van der Waals surface area contributed by atoms with Gasteiger partial charge in [-0.25, -0.2) is 13.6 Å². The molecule has 0 aliphatic heterocycles. The zero-order valence-electron chi connectivity index (χ0n) is 11.5. The average molecular weight is 295 g/mol. The highest BCUT2D eigenvalue weighted by molar-refractivity contribution is 5.97. The fraction of sp³-hybridized carbons (Fsp3) is 0.333. The maximum absolute atomic E-state index is 13.5. The van der Waals surface area contributed by atoms with Crippen LogP contribution in [0.15, 0.2) is 18.2 Å². The fourth-order valence-corrected chi connectivity index (χ4v) is 1.71. The van der Waals surface area contributed by atoms with E-state index in [1.807, 2.05) is 0 Å². The fourth-order valence-electron chi connectivity index (χ4n) is 1.71. The number of ether oxygens (including phenoxy) is 1. The Morgan fingerprint density at radius 3 is 2.76 bits per heavy atom. The van der Waals surface area contributed by atoms with E-state index in [0.29, 0.717) is 12.8 Å². The summed E-state index contributed by atoms with van der Waals surface area (Å²) in [6, 6.07) is 2.28. The lowest BCUT2D eigenvalue weighted by Gasteiger charge is -2.16. The van der Waals surface area contributed by atoms with Crippen molar-refractivity contribution >= 4 is 11.9 Å². The Morgan fingerprint density at radius 1 is 1.43 bits per heavy atom. The van der Waals surface area contributed by atoms with Crippen LogP contribution in [0.3, 0.4) is 0 Å². The van der Waals surface area contributed by atoms with Crippen LogP contribution < -0.4 is 5.32 Å². The average Bonchev–Trinajstić information content (AvgIpc) is 2.48. The lowest BCUT2D eigenvalue weighted by molar-refractivity contribution is -0.143. The summed E-state index contributed by atoms with van der Waals surface area (Å²) < 4.78 is 31.2. The number of methoxy groups -OCH3 is 1. The van der Waals surface area contributed by atoms with Crippen molar-refractivity contribution in [3.63, 3.8) is 0 Å². The number of carbonyl (C=O) groups is 2. The molecule has 0 bridgehead atoms. The van der Waals surface area contributed by atoms with Crippen LogP contribution in [0.4, 0.5) is 8.78 Å². The van der Waals surface area contributed by atoms with Gasteiger partial charge in [0, 0.05) is 6.42 Å². The van der Waals surface area contributed by atoms with Gasteiger partial charge >= 0.3 is 5.97 Å². The zero-order chi connectivity index (χ0) is 15.8. The van der Waals surface area contributed by atoms with Crippen molar-refractivity contribution in [2.45, 2.75) is 25.3 Å². The number of benzene rings is 1. The van der Waals surface area contributed by atoms with Gasteiger partial charge in [0.05, 0.1) is 12.7 Å². The summed E-state index contributed by atoms with van der Waals surface area (Å²) in [4.78, 5) is 23.5. The van der Waals surface area contributed by atoms with Gasteiger partial charge in [0.2, 0.25) is 0 Å². The summed E-state index contributed by atoms with van der Waals surface area (Å²) in [7, 11) is 1.17. The third-order valence-electron chi connectivity index (χ3n) is 2.80. The first-order valence-electron chi connectivity index (χ1n) is 6.27. The number of rotatable bonds is 6. The molecular weight excluding hydrogens is 280 g/mol. The normalized spacial score (nSPS) is 11.3. The highest BCUT2D eigenvalue weighted by atomic mass is 19.2. The Bertz CT molecular complexity index is 567. The van der Waals surface area contributed by atoms with E-state index >= 15 is 0 Å². The van der Waals surface area contributed by atoms with Crippen molar-refractivity contribution in [2.75, 3.05) is 7.11 Å². The second kappa shape index (κ2) is 8.00. The van der Waals surface area contributed by atoms with E-state index in [1.165, 1.54) is 13.2 Å². The maximum Gasteiger partial charge on any atom is 0.328 e. The Hall–Kier alpha value is -2.42. The van der Waals surface area contributed by atoms with Crippen LogP contribution >= 0.6 is 0 Å². The molecule has 1 amide bonds. The van der Waals surface area contributed by atoms with Crippen molar-refractivity contribution < 1.29 is 23.1 Å². The Labute approximate surface area is 121 Å². The summed E-state index contributed by atoms with van der Waals surface area (Å²) in [6.45, 7) is 0. The van der Waals surface area contributed by atoms with Crippen LogP contribution in [0.2, 0.25) is 0 Å². The smallest absolute Gasteiger partial charge is 0.328 e. The molecule has 4 nitrogen and oxygen atoms in total. The minimum absolute atomic E-state index is 0.250. The molecule has 1 rings (SSSR count). The Morgan fingerprint density at radius 2 is 2.14 bits per heavy atom. The molecule has 0 spiro atoms. The molecule has 1 aromatic rings. The van der Waals surface area contributed by atoms with Crippen LogP contribution in [0.1, 0.15) is 29.6 Å². The lowest BCUT2D eigenvalue weighted by Crippen LogP contribution is -2.41. The highest BCUT2D eigenvalue weighted by Crippen LogP contribution is 2.12. The van der Waals surface area contributed by atoms with Gasteiger partial charge in [0.15, 0.2) is 11.6 Å². The van der Waals surface area contributed by atoms with E-state index in [-0.39, 0.29) is 6.42 Å². The zero-order valence-corrected chi connectivity index (χ0v) is 11.5. The number of carbonyl (C=O) groups excluding carboxylic acids is 2. The number of halogens is 2. The molecule has 1 atom stereocenters. The van der Waals surface area contributed by atoms with E-state index in [9.17, 15) is 18.4 Å². The minimum Gasteiger partial charge on any atom is -0.467 e. The molecular formula is C15H15F2NO3. The van der Waals surface area contributed by atoms with Crippen molar-refractivity contribution in [2.24, 2.45) is 0 Å². The summed E-state index contributed by atoms with van der Waals surface area (Å²) in [5.74, 6) is -1.54. The molecule has 0 aromatic heterocycles. The lowest BCUT2D eigenvalue weighted by atomic mass is 10.1. The first-order valence-corrected chi connectivity index (χ1v) is 6.27. The molecule has 0 aliphatic carbocycles. The first-order chi connectivity index (χ1) is 10.0. The SMILES string of the molecule is C#CCCC[C@@H](NC(=O)c1cccc(F)c1F)C(=O)OC. The van der Waals surface area contributed by atoms with Crippen LogP contribution in [0.5, 0.6) is 0 Å². The molecule has 0 aliphatic rings. The molecule has 0 unspecified atom stereocenters. The predicted octanol–water partition coefficient (Wildman–Crippen LogP) is 2.04. The van der Waals surface area contributed by atoms with Crippen molar-refractivity contribution in [1.82, 2.24) is 5.32 Å². The van der Waals surface area contributed by atoms with Crippen molar-refractivity contribution in [1.29, 1.82) is 0 Å². The molecule has 0 saturated heterocycles. The maximum atomic E-state index is 13.5. The first kappa shape index (κ1) is 16.6. The van der Waals surface area contributed by atoms with Crippen LogP contribution in [0, 0.1) is 24.0 Å². The monoisotopic (exact) mass is 295 g/mol. The number of hydrogen-bond donors (Lipinski definition) is 1. The number of hydrogen-bond acceptors (Lipinski definition) is 3. The Kier molecular flexibility index (Phi) is 6.34. The third-order valence-corrected chi connectivity index (χ3v) is 2.80. The van der Waals surface area contributed by atoms with Gasteiger partial charge in [-0.15, -0.1) is 12.3 Å². The van der Waals surface area contributed by atoms with Gasteiger partial charge in [-0.1, -0.05) is 6.07 Å². The Balaban J connectivity index is 2.82. The van der Waals surface area contributed by atoms with Crippen LogP contribution in [0.25, 0.3) is 0 Å². The summed E-state index contributed by atoms with van der Waals surface area (Å²) >= 11 is 0. The van der Waals surface area contributed by atoms with E-state index in [0.717, 1.165) is 12.1 Å². The van der Waals surface area contributed by atoms with Gasteiger partial charge < -0.3 is 10.1 Å². The van der Waals surface area contributed by atoms with Crippen molar-refractivity contribution in [3.05, 3.63) is 35.4 Å². The third kappa shape index (κ3) is 4.56. The molecule has 0 radical (unpaired) electrons. The highest BCUT2D eigenvalue weighted by Gasteiger charge is 2.23. The van der Waals surface area contributed by atoms with Gasteiger partial charge in [-0.2, -0.15) is 0 Å².